The van der Waals surface area contributed by atoms with Crippen molar-refractivity contribution in [1.82, 2.24) is 14.5 Å². The van der Waals surface area contributed by atoms with Crippen molar-refractivity contribution in [1.29, 1.82) is 0 Å². The van der Waals surface area contributed by atoms with Crippen LogP contribution in [0.25, 0.3) is 11.8 Å². The van der Waals surface area contributed by atoms with Gasteiger partial charge in [-0.1, -0.05) is 30.3 Å². The third kappa shape index (κ3) is 6.72. The maximum absolute atomic E-state index is 12.6. The molecule has 1 aromatic heterocycles. The van der Waals surface area contributed by atoms with Crippen LogP contribution in [0.1, 0.15) is 22.4 Å². The molecule has 35 heavy (non-hydrogen) atoms. The second kappa shape index (κ2) is 10.9. The molecule has 7 nitrogen and oxygen atoms in total. The molecule has 3 aromatic rings. The Bertz CT molecular complexity index is 1230. The number of amides is 1. The number of halogens is 3. The Hall–Kier alpha value is -4.08. The molecule has 1 N–H and O–H groups in total. The van der Waals surface area contributed by atoms with Crippen molar-refractivity contribution in [2.75, 3.05) is 13.7 Å². The molecular formula is C25H24F3N3O4. The predicted molar refractivity (Wildman–Crippen MR) is 123 cm³/mol. The minimum Gasteiger partial charge on any atom is -0.495 e. The topological polar surface area (TPSA) is 84.7 Å². The summed E-state index contributed by atoms with van der Waals surface area (Å²) in [5, 5.41) is 7.12. The van der Waals surface area contributed by atoms with E-state index in [1.165, 1.54) is 11.1 Å². The number of aliphatic carboxylic acids is 1. The average Bonchev–Trinajstić information content (AvgIpc) is 3.27. The zero-order chi connectivity index (χ0) is 25.6. The molecule has 0 unspecified atom stereocenters. The molecule has 2 aromatic carbocycles. The molecule has 0 saturated carbocycles. The SMILES string of the molecule is COc1cc(/C=C/C(=O)N2CCc3ccccc3C2)ccc1-n1cnc(C)c1.O=C(O)C(F)(F)F. The van der Waals surface area contributed by atoms with Gasteiger partial charge in [-0.05, 0) is 48.2 Å². The normalized spacial score (nSPS) is 13.1. The van der Waals surface area contributed by atoms with Crippen molar-refractivity contribution in [2.24, 2.45) is 0 Å². The van der Waals surface area contributed by atoms with E-state index in [9.17, 15) is 18.0 Å². The second-order valence-corrected chi connectivity index (χ2v) is 7.77. The lowest BCUT2D eigenvalue weighted by Crippen LogP contribution is -2.34. The largest absolute Gasteiger partial charge is 0.495 e. The van der Waals surface area contributed by atoms with E-state index in [0.29, 0.717) is 6.54 Å². The number of hydrogen-bond donors (Lipinski definition) is 1. The molecule has 0 fully saturated rings. The third-order valence-corrected chi connectivity index (χ3v) is 5.30. The average molecular weight is 487 g/mol. The Morgan fingerprint density at radius 1 is 1.14 bits per heavy atom. The smallest absolute Gasteiger partial charge is 0.490 e. The van der Waals surface area contributed by atoms with E-state index >= 15 is 0 Å². The van der Waals surface area contributed by atoms with E-state index in [2.05, 4.69) is 23.2 Å². The molecule has 0 aliphatic carbocycles. The number of imidazole rings is 1. The second-order valence-electron chi connectivity index (χ2n) is 7.77. The van der Waals surface area contributed by atoms with Crippen LogP contribution >= 0.6 is 0 Å². The first-order chi connectivity index (χ1) is 16.6. The van der Waals surface area contributed by atoms with Crippen molar-refractivity contribution in [3.05, 3.63) is 83.4 Å². The first-order valence-corrected chi connectivity index (χ1v) is 10.6. The lowest BCUT2D eigenvalue weighted by atomic mass is 10.00. The number of carbonyl (C=O) groups excluding carboxylic acids is 1. The van der Waals surface area contributed by atoms with Gasteiger partial charge in [-0.25, -0.2) is 9.78 Å². The lowest BCUT2D eigenvalue weighted by molar-refractivity contribution is -0.192. The zero-order valence-corrected chi connectivity index (χ0v) is 19.1. The predicted octanol–water partition coefficient (Wildman–Crippen LogP) is 4.42. The van der Waals surface area contributed by atoms with Crippen LogP contribution in [0, 0.1) is 6.92 Å². The van der Waals surface area contributed by atoms with Gasteiger partial charge in [0, 0.05) is 25.4 Å². The fourth-order valence-electron chi connectivity index (χ4n) is 3.52. The highest BCUT2D eigenvalue weighted by molar-refractivity contribution is 5.92. The summed E-state index contributed by atoms with van der Waals surface area (Å²) in [5.74, 6) is -1.99. The molecule has 1 aliphatic rings. The molecule has 1 aliphatic heterocycles. The monoisotopic (exact) mass is 487 g/mol. The Morgan fingerprint density at radius 3 is 2.43 bits per heavy atom. The highest BCUT2D eigenvalue weighted by atomic mass is 19.4. The number of aromatic nitrogens is 2. The van der Waals surface area contributed by atoms with Crippen LogP contribution < -0.4 is 4.74 Å². The summed E-state index contributed by atoms with van der Waals surface area (Å²) in [7, 11) is 1.65. The number of aryl methyl sites for hydroxylation is 1. The summed E-state index contributed by atoms with van der Waals surface area (Å²) < 4.78 is 39.2. The maximum Gasteiger partial charge on any atom is 0.490 e. The maximum atomic E-state index is 12.6. The molecule has 0 saturated heterocycles. The van der Waals surface area contributed by atoms with E-state index < -0.39 is 12.1 Å². The van der Waals surface area contributed by atoms with Gasteiger partial charge in [0.05, 0.1) is 24.8 Å². The Kier molecular flexibility index (Phi) is 7.95. The van der Waals surface area contributed by atoms with Gasteiger partial charge >= 0.3 is 12.1 Å². The number of hydrogen-bond acceptors (Lipinski definition) is 4. The Labute approximate surface area is 200 Å². The minimum absolute atomic E-state index is 0.0304. The van der Waals surface area contributed by atoms with E-state index in [1.807, 2.05) is 52.9 Å². The van der Waals surface area contributed by atoms with Gasteiger partial charge in [-0.15, -0.1) is 0 Å². The number of nitrogens with zero attached hydrogens (tertiary/aromatic N) is 3. The first-order valence-electron chi connectivity index (χ1n) is 10.6. The van der Waals surface area contributed by atoms with Crippen LogP contribution in [0.5, 0.6) is 5.75 Å². The summed E-state index contributed by atoms with van der Waals surface area (Å²) >= 11 is 0. The number of ether oxygens (including phenoxy) is 1. The van der Waals surface area contributed by atoms with Crippen LogP contribution in [0.15, 0.2) is 61.1 Å². The van der Waals surface area contributed by atoms with E-state index in [0.717, 1.165) is 35.7 Å². The number of fused-ring (bicyclic) bond motifs is 1. The van der Waals surface area contributed by atoms with Crippen molar-refractivity contribution in [3.63, 3.8) is 0 Å². The van der Waals surface area contributed by atoms with Crippen molar-refractivity contribution < 1.29 is 32.6 Å². The standard InChI is InChI=1S/C23H23N3O2.C2HF3O2/c1-17-14-26(16-24-17)21-9-7-18(13-22(21)28-2)8-10-23(27)25-12-11-19-5-3-4-6-20(19)15-25;3-2(4,5)1(6)7/h3-10,13-14,16H,11-12,15H2,1-2H3;(H,6,7)/b10-8+;. The molecule has 184 valence electrons. The van der Waals surface area contributed by atoms with Crippen LogP contribution in [-0.2, 0) is 22.6 Å². The van der Waals surface area contributed by atoms with Gasteiger partial charge in [0.15, 0.2) is 0 Å². The number of alkyl halides is 3. The number of carboxylic acid groups (broad SMARTS) is 1. The fraction of sp³-hybridized carbons (Fsp3) is 0.240. The van der Waals surface area contributed by atoms with Crippen LogP contribution in [0.3, 0.4) is 0 Å². The first kappa shape index (κ1) is 25.5. The quantitative estimate of drug-likeness (QED) is 0.551. The van der Waals surface area contributed by atoms with Gasteiger partial charge in [0.1, 0.15) is 5.75 Å². The van der Waals surface area contributed by atoms with Crippen molar-refractivity contribution in [3.8, 4) is 11.4 Å². The van der Waals surface area contributed by atoms with Gasteiger partial charge in [-0.3, -0.25) is 4.79 Å². The van der Waals surface area contributed by atoms with Gasteiger partial charge in [0.25, 0.3) is 0 Å². The van der Waals surface area contributed by atoms with Gasteiger partial charge in [0.2, 0.25) is 5.91 Å². The molecule has 2 heterocycles. The molecule has 1 amide bonds. The molecule has 0 bridgehead atoms. The fourth-order valence-corrected chi connectivity index (χ4v) is 3.52. The zero-order valence-electron chi connectivity index (χ0n) is 19.1. The summed E-state index contributed by atoms with van der Waals surface area (Å²) in [6.45, 7) is 3.37. The summed E-state index contributed by atoms with van der Waals surface area (Å²) in [6, 6.07) is 14.2. The molecule has 0 atom stereocenters. The van der Waals surface area contributed by atoms with Crippen LogP contribution in [-0.4, -0.2) is 51.3 Å². The molecular weight excluding hydrogens is 463 g/mol. The summed E-state index contributed by atoms with van der Waals surface area (Å²) in [6.07, 6.45) is 3.02. The van der Waals surface area contributed by atoms with Crippen LogP contribution in [0.4, 0.5) is 13.2 Å². The van der Waals surface area contributed by atoms with E-state index in [4.69, 9.17) is 14.6 Å². The molecule has 4 rings (SSSR count). The highest BCUT2D eigenvalue weighted by Gasteiger charge is 2.38. The number of benzene rings is 2. The Balaban J connectivity index is 0.000000429. The number of methoxy groups -OCH3 is 1. The number of carbonyl (C=O) groups is 2. The lowest BCUT2D eigenvalue weighted by Gasteiger charge is -2.27. The summed E-state index contributed by atoms with van der Waals surface area (Å²) in [5.41, 5.74) is 5.35. The van der Waals surface area contributed by atoms with Crippen molar-refractivity contribution in [2.45, 2.75) is 26.1 Å². The molecule has 0 radical (unpaired) electrons. The summed E-state index contributed by atoms with van der Waals surface area (Å²) in [4.78, 5) is 27.7. The van der Waals surface area contributed by atoms with Gasteiger partial charge in [-0.2, -0.15) is 13.2 Å². The van der Waals surface area contributed by atoms with Crippen molar-refractivity contribution >= 4 is 18.0 Å². The number of carboxylic acids is 1. The molecule has 0 spiro atoms. The third-order valence-electron chi connectivity index (χ3n) is 5.30. The highest BCUT2D eigenvalue weighted by Crippen LogP contribution is 2.25. The number of rotatable bonds is 4. The molecule has 10 heteroatoms. The Morgan fingerprint density at radius 2 is 1.83 bits per heavy atom. The van der Waals surface area contributed by atoms with Crippen LogP contribution in [0.2, 0.25) is 0 Å². The van der Waals surface area contributed by atoms with E-state index in [-0.39, 0.29) is 5.91 Å². The van der Waals surface area contributed by atoms with E-state index in [1.54, 1.807) is 19.5 Å². The minimum atomic E-state index is -5.08. The van der Waals surface area contributed by atoms with Gasteiger partial charge < -0.3 is 19.3 Å².